The topological polar surface area (TPSA) is 91.9 Å². The van der Waals surface area contributed by atoms with Gasteiger partial charge in [0.15, 0.2) is 0 Å². The molecule has 10 heteroatoms. The standard InChI is InChI=1S/C8H5BrN2O2.C2HF3O2/c9-5-1-2-7-10-3-6(12)8(13)11(7)4-5;3-2(4,5)1(6)7/h1-4,12H;(H,6,7). The van der Waals surface area contributed by atoms with E-state index in [9.17, 15) is 18.0 Å². The molecule has 108 valence electrons. The van der Waals surface area contributed by atoms with Crippen LogP contribution in [0.1, 0.15) is 0 Å². The number of alkyl halides is 3. The zero-order valence-electron chi connectivity index (χ0n) is 9.43. The molecular formula is C10H6BrF3N2O4. The van der Waals surface area contributed by atoms with Gasteiger partial charge in [-0.15, -0.1) is 0 Å². The molecular weight excluding hydrogens is 349 g/mol. The number of rotatable bonds is 0. The molecule has 0 aromatic carbocycles. The van der Waals surface area contributed by atoms with E-state index in [1.807, 2.05) is 0 Å². The first kappa shape index (κ1) is 16.0. The minimum absolute atomic E-state index is 0.351. The molecule has 0 aliphatic heterocycles. The van der Waals surface area contributed by atoms with Crippen molar-refractivity contribution < 1.29 is 28.2 Å². The van der Waals surface area contributed by atoms with Crippen LogP contribution in [0.2, 0.25) is 0 Å². The first-order valence-electron chi connectivity index (χ1n) is 4.79. The molecule has 2 aromatic rings. The smallest absolute Gasteiger partial charge is 0.490 e. The van der Waals surface area contributed by atoms with E-state index >= 15 is 0 Å². The number of aromatic nitrogens is 2. The van der Waals surface area contributed by atoms with E-state index in [1.165, 1.54) is 4.40 Å². The Morgan fingerprint density at radius 3 is 2.40 bits per heavy atom. The van der Waals surface area contributed by atoms with Crippen molar-refractivity contribution in [2.24, 2.45) is 0 Å². The van der Waals surface area contributed by atoms with Crippen LogP contribution in [-0.4, -0.2) is 31.7 Å². The maximum atomic E-state index is 11.3. The van der Waals surface area contributed by atoms with Gasteiger partial charge in [0.1, 0.15) is 5.65 Å². The SMILES string of the molecule is O=C(O)C(F)(F)F.O=c1c(O)cnc2ccc(Br)cn12. The molecule has 2 heterocycles. The Labute approximate surface area is 117 Å². The maximum absolute atomic E-state index is 11.3. The van der Waals surface area contributed by atoms with Crippen LogP contribution in [-0.2, 0) is 4.79 Å². The molecule has 0 radical (unpaired) electrons. The van der Waals surface area contributed by atoms with Crippen LogP contribution in [0.15, 0.2) is 33.8 Å². The lowest BCUT2D eigenvalue weighted by Crippen LogP contribution is -2.21. The van der Waals surface area contributed by atoms with Gasteiger partial charge in [-0.3, -0.25) is 9.20 Å². The number of pyridine rings is 1. The monoisotopic (exact) mass is 354 g/mol. The highest BCUT2D eigenvalue weighted by molar-refractivity contribution is 9.10. The second-order valence-electron chi connectivity index (χ2n) is 3.33. The Bertz CT molecular complexity index is 694. The maximum Gasteiger partial charge on any atom is 0.490 e. The summed E-state index contributed by atoms with van der Waals surface area (Å²) in [6, 6.07) is 3.46. The van der Waals surface area contributed by atoms with Gasteiger partial charge in [0, 0.05) is 10.7 Å². The number of aliphatic carboxylic acids is 1. The molecule has 6 nitrogen and oxygen atoms in total. The predicted octanol–water partition coefficient (Wildman–Crippen LogP) is 1.80. The van der Waals surface area contributed by atoms with Gasteiger partial charge < -0.3 is 10.2 Å². The molecule has 0 aliphatic rings. The Balaban J connectivity index is 0.000000246. The quantitative estimate of drug-likeness (QED) is 0.752. The van der Waals surface area contributed by atoms with Gasteiger partial charge in [-0.2, -0.15) is 13.2 Å². The minimum atomic E-state index is -5.08. The Morgan fingerprint density at radius 2 is 1.90 bits per heavy atom. The average Bonchev–Trinajstić information content (AvgIpc) is 2.34. The summed E-state index contributed by atoms with van der Waals surface area (Å²) in [4.78, 5) is 24.1. The van der Waals surface area contributed by atoms with Crippen LogP contribution in [0.5, 0.6) is 5.75 Å². The fourth-order valence-electron chi connectivity index (χ4n) is 1.04. The number of hydrogen-bond donors (Lipinski definition) is 2. The molecule has 0 unspecified atom stereocenters. The van der Waals surface area contributed by atoms with Gasteiger partial charge in [-0.05, 0) is 28.1 Å². The third kappa shape index (κ3) is 3.95. The van der Waals surface area contributed by atoms with E-state index in [-0.39, 0.29) is 5.75 Å². The van der Waals surface area contributed by atoms with Crippen LogP contribution in [0.4, 0.5) is 13.2 Å². The molecule has 20 heavy (non-hydrogen) atoms. The summed E-state index contributed by atoms with van der Waals surface area (Å²) in [7, 11) is 0. The third-order valence-corrected chi connectivity index (χ3v) is 2.36. The van der Waals surface area contributed by atoms with Gasteiger partial charge in [-0.25, -0.2) is 9.78 Å². The average molecular weight is 355 g/mol. The lowest BCUT2D eigenvalue weighted by molar-refractivity contribution is -0.192. The lowest BCUT2D eigenvalue weighted by Gasteiger charge is -1.99. The van der Waals surface area contributed by atoms with Gasteiger partial charge in [-0.1, -0.05) is 0 Å². The molecule has 2 rings (SSSR count). The summed E-state index contributed by atoms with van der Waals surface area (Å²) >= 11 is 3.22. The van der Waals surface area contributed by atoms with E-state index < -0.39 is 17.7 Å². The van der Waals surface area contributed by atoms with Crippen molar-refractivity contribution in [2.45, 2.75) is 6.18 Å². The second kappa shape index (κ2) is 5.90. The highest BCUT2D eigenvalue weighted by Crippen LogP contribution is 2.13. The molecule has 0 spiro atoms. The molecule has 0 aliphatic carbocycles. The van der Waals surface area contributed by atoms with Crippen LogP contribution < -0.4 is 5.56 Å². The van der Waals surface area contributed by atoms with Crippen molar-refractivity contribution in [3.63, 3.8) is 0 Å². The van der Waals surface area contributed by atoms with Gasteiger partial charge in [0.2, 0.25) is 5.75 Å². The van der Waals surface area contributed by atoms with Crippen LogP contribution in [0.3, 0.4) is 0 Å². The van der Waals surface area contributed by atoms with Crippen molar-refractivity contribution in [1.82, 2.24) is 9.38 Å². The van der Waals surface area contributed by atoms with Crippen molar-refractivity contribution in [2.75, 3.05) is 0 Å². The first-order chi connectivity index (χ1) is 9.12. The molecule has 2 aromatic heterocycles. The highest BCUT2D eigenvalue weighted by Gasteiger charge is 2.38. The number of carbonyl (C=O) groups is 1. The summed E-state index contributed by atoms with van der Waals surface area (Å²) in [6.07, 6.45) is -2.38. The van der Waals surface area contributed by atoms with Crippen LogP contribution >= 0.6 is 15.9 Å². The van der Waals surface area contributed by atoms with Crippen molar-refractivity contribution in [3.05, 3.63) is 39.4 Å². The van der Waals surface area contributed by atoms with E-state index in [0.29, 0.717) is 5.65 Å². The first-order valence-corrected chi connectivity index (χ1v) is 5.58. The summed E-state index contributed by atoms with van der Waals surface area (Å²) in [6.45, 7) is 0. The third-order valence-electron chi connectivity index (χ3n) is 1.89. The van der Waals surface area contributed by atoms with E-state index in [0.717, 1.165) is 10.7 Å². The fourth-order valence-corrected chi connectivity index (χ4v) is 1.38. The van der Waals surface area contributed by atoms with Crippen molar-refractivity contribution in [1.29, 1.82) is 0 Å². The highest BCUT2D eigenvalue weighted by atomic mass is 79.9. The largest absolute Gasteiger partial charge is 0.502 e. The zero-order valence-corrected chi connectivity index (χ0v) is 11.0. The van der Waals surface area contributed by atoms with Crippen molar-refractivity contribution >= 4 is 27.5 Å². The molecule has 0 atom stereocenters. The Hall–Kier alpha value is -2.10. The normalized spacial score (nSPS) is 10.8. The number of nitrogens with zero attached hydrogens (tertiary/aromatic N) is 2. The number of carboxylic acid groups (broad SMARTS) is 1. The summed E-state index contributed by atoms with van der Waals surface area (Å²) in [5.74, 6) is -3.11. The van der Waals surface area contributed by atoms with Gasteiger partial charge in [0.25, 0.3) is 5.56 Å². The lowest BCUT2D eigenvalue weighted by atomic mass is 10.4. The van der Waals surface area contributed by atoms with Crippen LogP contribution in [0, 0.1) is 0 Å². The minimum Gasteiger partial charge on any atom is -0.502 e. The molecule has 2 N–H and O–H groups in total. The predicted molar refractivity (Wildman–Crippen MR) is 64.5 cm³/mol. The molecule has 0 bridgehead atoms. The Kier molecular flexibility index (Phi) is 4.71. The molecule has 0 amide bonds. The fraction of sp³-hybridized carbons (Fsp3) is 0.100. The summed E-state index contributed by atoms with van der Waals surface area (Å²) in [5, 5.41) is 16.2. The number of fused-ring (bicyclic) bond motifs is 1. The number of hydrogen-bond acceptors (Lipinski definition) is 4. The molecule has 0 fully saturated rings. The number of aromatic hydroxyl groups is 1. The molecule has 0 saturated heterocycles. The van der Waals surface area contributed by atoms with Crippen molar-refractivity contribution in [3.8, 4) is 5.75 Å². The summed E-state index contributed by atoms with van der Waals surface area (Å²) < 4.78 is 33.8. The van der Waals surface area contributed by atoms with E-state index in [1.54, 1.807) is 18.3 Å². The number of halogens is 4. The Morgan fingerprint density at radius 1 is 1.35 bits per heavy atom. The summed E-state index contributed by atoms with van der Waals surface area (Å²) in [5.41, 5.74) is 0.0392. The molecule has 0 saturated carbocycles. The van der Waals surface area contributed by atoms with E-state index in [4.69, 9.17) is 15.0 Å². The second-order valence-corrected chi connectivity index (χ2v) is 4.24. The van der Waals surface area contributed by atoms with Crippen LogP contribution in [0.25, 0.3) is 5.65 Å². The van der Waals surface area contributed by atoms with E-state index in [2.05, 4.69) is 20.9 Å². The van der Waals surface area contributed by atoms with Gasteiger partial charge in [0.05, 0.1) is 6.20 Å². The van der Waals surface area contributed by atoms with Gasteiger partial charge >= 0.3 is 12.1 Å². The zero-order chi connectivity index (χ0) is 15.5. The number of carboxylic acids is 1.